The van der Waals surface area contributed by atoms with E-state index in [-0.39, 0.29) is 31.9 Å². The lowest BCUT2D eigenvalue weighted by molar-refractivity contribution is -0.385. The smallest absolute Gasteiger partial charge is 0.282 e. The third-order valence-corrected chi connectivity index (χ3v) is 4.79. The van der Waals surface area contributed by atoms with Crippen LogP contribution in [0.25, 0.3) is 0 Å². The summed E-state index contributed by atoms with van der Waals surface area (Å²) in [6, 6.07) is 6.34. The van der Waals surface area contributed by atoms with Gasteiger partial charge in [0.25, 0.3) is 17.5 Å². The largest absolute Gasteiger partial charge is 0.323 e. The lowest BCUT2D eigenvalue weighted by Crippen LogP contribution is -2.37. The summed E-state index contributed by atoms with van der Waals surface area (Å²) in [6.07, 6.45) is 0. The first-order valence-electron chi connectivity index (χ1n) is 7.28. The van der Waals surface area contributed by atoms with Crippen LogP contribution in [0.1, 0.15) is 20.7 Å². The SMILES string of the molecule is O=C(CN1C(=O)c2cccc([N+](=O)[O-])c2C1=O)Nc1cc(Cl)c(Cl)cc1Cl. The highest BCUT2D eigenvalue weighted by Crippen LogP contribution is 2.33. The highest BCUT2D eigenvalue weighted by Gasteiger charge is 2.41. The van der Waals surface area contributed by atoms with Crippen LogP contribution in [0.4, 0.5) is 11.4 Å². The number of benzene rings is 2. The Bertz CT molecular complexity index is 1020. The van der Waals surface area contributed by atoms with Gasteiger partial charge in [-0.2, -0.15) is 0 Å². The van der Waals surface area contributed by atoms with Crippen molar-refractivity contribution in [3.05, 3.63) is 66.6 Å². The van der Waals surface area contributed by atoms with Crippen molar-refractivity contribution in [3.63, 3.8) is 0 Å². The molecule has 0 bridgehead atoms. The highest BCUT2D eigenvalue weighted by atomic mass is 35.5. The minimum atomic E-state index is -0.919. The third kappa shape index (κ3) is 3.46. The Morgan fingerprint density at radius 1 is 1.07 bits per heavy atom. The number of halogens is 3. The van der Waals surface area contributed by atoms with Crippen LogP contribution < -0.4 is 5.32 Å². The van der Waals surface area contributed by atoms with Gasteiger partial charge in [0.1, 0.15) is 12.1 Å². The van der Waals surface area contributed by atoms with Gasteiger partial charge in [0.05, 0.1) is 31.2 Å². The first-order chi connectivity index (χ1) is 12.7. The van der Waals surface area contributed by atoms with Crippen molar-refractivity contribution in [2.75, 3.05) is 11.9 Å². The number of anilines is 1. The first-order valence-corrected chi connectivity index (χ1v) is 8.42. The Morgan fingerprint density at radius 2 is 1.74 bits per heavy atom. The summed E-state index contributed by atoms with van der Waals surface area (Å²) in [5.74, 6) is -2.46. The van der Waals surface area contributed by atoms with Crippen molar-refractivity contribution in [1.29, 1.82) is 0 Å². The van der Waals surface area contributed by atoms with Crippen LogP contribution in [-0.2, 0) is 4.79 Å². The quantitative estimate of drug-likeness (QED) is 0.345. The number of carbonyl (C=O) groups is 3. The topological polar surface area (TPSA) is 110 Å². The molecule has 1 heterocycles. The summed E-state index contributed by atoms with van der Waals surface area (Å²) in [4.78, 5) is 48.0. The van der Waals surface area contributed by atoms with Crippen molar-refractivity contribution in [3.8, 4) is 0 Å². The lowest BCUT2D eigenvalue weighted by atomic mass is 10.1. The van der Waals surface area contributed by atoms with E-state index < -0.39 is 34.9 Å². The molecule has 0 aromatic heterocycles. The van der Waals surface area contributed by atoms with Crippen LogP contribution in [-0.4, -0.2) is 34.1 Å². The monoisotopic (exact) mass is 427 g/mol. The Morgan fingerprint density at radius 3 is 2.41 bits per heavy atom. The van der Waals surface area contributed by atoms with Crippen LogP contribution >= 0.6 is 34.8 Å². The molecular weight excluding hydrogens is 421 g/mol. The van der Waals surface area contributed by atoms with Crippen molar-refractivity contribution < 1.29 is 19.3 Å². The molecule has 2 aromatic rings. The Kier molecular flexibility index (Phi) is 5.05. The molecule has 0 fully saturated rings. The molecular formula is C16H8Cl3N3O5. The van der Waals surface area contributed by atoms with E-state index in [2.05, 4.69) is 5.32 Å². The van der Waals surface area contributed by atoms with Gasteiger partial charge >= 0.3 is 0 Å². The number of amides is 3. The number of carbonyl (C=O) groups excluding carboxylic acids is 3. The van der Waals surface area contributed by atoms with Crippen LogP contribution in [0, 0.1) is 10.1 Å². The summed E-state index contributed by atoms with van der Waals surface area (Å²) >= 11 is 17.6. The normalized spacial score (nSPS) is 12.9. The van der Waals surface area contributed by atoms with E-state index in [1.165, 1.54) is 24.3 Å². The molecule has 0 saturated carbocycles. The maximum atomic E-state index is 12.4. The van der Waals surface area contributed by atoms with Gasteiger partial charge in [0.2, 0.25) is 5.91 Å². The highest BCUT2D eigenvalue weighted by molar-refractivity contribution is 6.44. The second-order valence-electron chi connectivity index (χ2n) is 5.45. The minimum Gasteiger partial charge on any atom is -0.323 e. The number of imide groups is 1. The molecule has 3 rings (SSSR count). The fraction of sp³-hybridized carbons (Fsp3) is 0.0625. The zero-order valence-electron chi connectivity index (χ0n) is 13.2. The molecule has 0 spiro atoms. The molecule has 0 aliphatic carbocycles. The van der Waals surface area contributed by atoms with Crippen molar-refractivity contribution >= 4 is 63.9 Å². The molecule has 0 radical (unpaired) electrons. The van der Waals surface area contributed by atoms with Gasteiger partial charge in [-0.3, -0.25) is 29.4 Å². The molecule has 2 aromatic carbocycles. The van der Waals surface area contributed by atoms with Crippen molar-refractivity contribution in [2.24, 2.45) is 0 Å². The minimum absolute atomic E-state index is 0.107. The standard InChI is InChI=1S/C16H8Cl3N3O5/c17-8-4-10(19)11(5-9(8)18)20-13(23)6-21-15(24)7-2-1-3-12(22(26)27)14(7)16(21)25/h1-5H,6H2,(H,20,23). The van der Waals surface area contributed by atoms with E-state index in [4.69, 9.17) is 34.8 Å². The van der Waals surface area contributed by atoms with E-state index in [0.29, 0.717) is 4.90 Å². The molecule has 3 amide bonds. The van der Waals surface area contributed by atoms with Gasteiger partial charge in [-0.05, 0) is 18.2 Å². The zero-order chi connectivity index (χ0) is 19.9. The van der Waals surface area contributed by atoms with Crippen LogP contribution in [0.2, 0.25) is 15.1 Å². The number of rotatable bonds is 4. The summed E-state index contributed by atoms with van der Waals surface area (Å²) in [5.41, 5.74) is -0.831. The average molecular weight is 429 g/mol. The van der Waals surface area contributed by atoms with Gasteiger partial charge in [-0.25, -0.2) is 0 Å². The molecule has 11 heteroatoms. The predicted molar refractivity (Wildman–Crippen MR) is 98.6 cm³/mol. The number of nitrogens with one attached hydrogen (secondary N) is 1. The molecule has 0 saturated heterocycles. The predicted octanol–water partition coefficient (Wildman–Crippen LogP) is 3.79. The molecule has 1 aliphatic rings. The van der Waals surface area contributed by atoms with E-state index in [1.807, 2.05) is 0 Å². The van der Waals surface area contributed by atoms with E-state index in [1.54, 1.807) is 0 Å². The van der Waals surface area contributed by atoms with Gasteiger partial charge < -0.3 is 5.32 Å². The van der Waals surface area contributed by atoms with Crippen molar-refractivity contribution in [1.82, 2.24) is 4.90 Å². The van der Waals surface area contributed by atoms with Gasteiger partial charge in [-0.15, -0.1) is 0 Å². The number of fused-ring (bicyclic) bond motifs is 1. The van der Waals surface area contributed by atoms with E-state index >= 15 is 0 Å². The fourth-order valence-electron chi connectivity index (χ4n) is 2.56. The van der Waals surface area contributed by atoms with Crippen molar-refractivity contribution in [2.45, 2.75) is 0 Å². The third-order valence-electron chi connectivity index (χ3n) is 3.76. The number of hydrogen-bond acceptors (Lipinski definition) is 5. The van der Waals surface area contributed by atoms with Gasteiger partial charge in [0, 0.05) is 6.07 Å². The molecule has 1 aliphatic heterocycles. The molecule has 8 nitrogen and oxygen atoms in total. The van der Waals surface area contributed by atoms with Crippen LogP contribution in [0.15, 0.2) is 30.3 Å². The lowest BCUT2D eigenvalue weighted by Gasteiger charge is -2.14. The first kappa shape index (κ1) is 19.1. The molecule has 0 atom stereocenters. The van der Waals surface area contributed by atoms with E-state index in [0.717, 1.165) is 6.07 Å². The summed E-state index contributed by atoms with van der Waals surface area (Å²) in [6.45, 7) is -0.653. The molecule has 0 unspecified atom stereocenters. The van der Waals surface area contributed by atoms with Gasteiger partial charge in [-0.1, -0.05) is 40.9 Å². The molecule has 138 valence electrons. The zero-order valence-corrected chi connectivity index (χ0v) is 15.4. The Labute approximate surface area is 166 Å². The van der Waals surface area contributed by atoms with Gasteiger partial charge in [0.15, 0.2) is 0 Å². The number of nitro benzene ring substituents is 1. The molecule has 1 N–H and O–H groups in total. The molecule has 27 heavy (non-hydrogen) atoms. The number of hydrogen-bond donors (Lipinski definition) is 1. The number of nitrogens with zero attached hydrogens (tertiary/aromatic N) is 2. The summed E-state index contributed by atoms with van der Waals surface area (Å²) in [5, 5.41) is 13.9. The van der Waals surface area contributed by atoms with E-state index in [9.17, 15) is 24.5 Å². The Hall–Kier alpha value is -2.68. The Balaban J connectivity index is 1.83. The van der Waals surface area contributed by atoms with Crippen LogP contribution in [0.5, 0.6) is 0 Å². The average Bonchev–Trinajstić information content (AvgIpc) is 2.84. The number of nitro groups is 1. The summed E-state index contributed by atoms with van der Waals surface area (Å²) < 4.78 is 0. The summed E-state index contributed by atoms with van der Waals surface area (Å²) in [7, 11) is 0. The maximum absolute atomic E-state index is 12.4. The second-order valence-corrected chi connectivity index (χ2v) is 6.67. The maximum Gasteiger partial charge on any atom is 0.282 e. The van der Waals surface area contributed by atoms with Crippen LogP contribution in [0.3, 0.4) is 0 Å². The second kappa shape index (κ2) is 7.15. The fourth-order valence-corrected chi connectivity index (χ4v) is 3.16.